The Morgan fingerprint density at radius 3 is 2.95 bits per heavy atom. The molecule has 1 aliphatic heterocycles. The third kappa shape index (κ3) is 5.04. The van der Waals surface area contributed by atoms with E-state index in [1.54, 1.807) is 12.1 Å². The summed E-state index contributed by atoms with van der Waals surface area (Å²) < 4.78 is 14.3. The van der Waals surface area contributed by atoms with E-state index in [1.807, 2.05) is 11.9 Å². The zero-order valence-corrected chi connectivity index (χ0v) is 14.4. The van der Waals surface area contributed by atoms with Crippen LogP contribution in [0.1, 0.15) is 24.8 Å². The highest BCUT2D eigenvalue weighted by atomic mass is 79.9. The van der Waals surface area contributed by atoms with Gasteiger partial charge < -0.3 is 5.11 Å². The van der Waals surface area contributed by atoms with Gasteiger partial charge in [-0.3, -0.25) is 14.6 Å². The molecule has 1 aromatic carbocycles. The monoisotopic (exact) mass is 372 g/mol. The summed E-state index contributed by atoms with van der Waals surface area (Å²) in [5, 5.41) is 8.90. The van der Waals surface area contributed by atoms with Crippen molar-refractivity contribution in [3.8, 4) is 0 Å². The quantitative estimate of drug-likeness (QED) is 0.862. The van der Waals surface area contributed by atoms with Crippen molar-refractivity contribution >= 4 is 21.9 Å². The number of aliphatic carboxylic acids is 1. The zero-order valence-electron chi connectivity index (χ0n) is 12.8. The van der Waals surface area contributed by atoms with Crippen LogP contribution in [0.4, 0.5) is 4.39 Å². The van der Waals surface area contributed by atoms with Crippen LogP contribution in [-0.2, 0) is 11.3 Å². The van der Waals surface area contributed by atoms with Crippen LogP contribution in [0.25, 0.3) is 0 Å². The van der Waals surface area contributed by atoms with Gasteiger partial charge in [-0.2, -0.15) is 0 Å². The molecule has 22 heavy (non-hydrogen) atoms. The van der Waals surface area contributed by atoms with Crippen molar-refractivity contribution in [1.82, 2.24) is 9.80 Å². The second-order valence-electron chi connectivity index (χ2n) is 5.91. The van der Waals surface area contributed by atoms with Gasteiger partial charge in [-0.15, -0.1) is 0 Å². The van der Waals surface area contributed by atoms with E-state index in [0.29, 0.717) is 12.6 Å². The van der Waals surface area contributed by atoms with Crippen molar-refractivity contribution in [2.45, 2.75) is 31.8 Å². The topological polar surface area (TPSA) is 43.8 Å². The predicted octanol–water partition coefficient (Wildman–Crippen LogP) is 2.96. The third-order valence-electron chi connectivity index (χ3n) is 4.20. The first kappa shape index (κ1) is 17.4. The van der Waals surface area contributed by atoms with Crippen molar-refractivity contribution in [1.29, 1.82) is 0 Å². The molecule has 1 aliphatic rings. The maximum atomic E-state index is 13.4. The Bertz CT molecular complexity index is 527. The molecule has 0 saturated carbocycles. The molecule has 0 aliphatic carbocycles. The second-order valence-corrected chi connectivity index (χ2v) is 6.76. The molecule has 0 amide bonds. The number of halogens is 2. The van der Waals surface area contributed by atoms with E-state index in [4.69, 9.17) is 5.11 Å². The van der Waals surface area contributed by atoms with Gasteiger partial charge in [-0.05, 0) is 63.2 Å². The fourth-order valence-electron chi connectivity index (χ4n) is 2.98. The highest BCUT2D eigenvalue weighted by Crippen LogP contribution is 2.22. The Kier molecular flexibility index (Phi) is 6.35. The molecule has 2 rings (SSSR count). The van der Waals surface area contributed by atoms with Gasteiger partial charge in [0.1, 0.15) is 5.82 Å². The molecule has 4 nitrogen and oxygen atoms in total. The van der Waals surface area contributed by atoms with Crippen molar-refractivity contribution in [2.24, 2.45) is 0 Å². The van der Waals surface area contributed by atoms with E-state index < -0.39 is 5.97 Å². The standard InChI is InChI=1S/C16H22BrFN2O2/c1-19(11-16(21)22)14-3-2-7-20(8-6-14)10-12-9-13(18)4-5-15(12)17/h4-5,9,14H,2-3,6-8,10-11H2,1H3,(H,21,22). The van der Waals surface area contributed by atoms with Crippen molar-refractivity contribution < 1.29 is 14.3 Å². The molecule has 1 fully saturated rings. The summed E-state index contributed by atoms with van der Waals surface area (Å²) in [4.78, 5) is 15.1. The first-order chi connectivity index (χ1) is 10.5. The van der Waals surface area contributed by atoms with Crippen LogP contribution in [-0.4, -0.2) is 53.6 Å². The molecule has 0 radical (unpaired) electrons. The lowest BCUT2D eigenvalue weighted by molar-refractivity contribution is -0.138. The van der Waals surface area contributed by atoms with E-state index in [-0.39, 0.29) is 12.4 Å². The number of benzene rings is 1. The normalized spacial score (nSPS) is 20.1. The van der Waals surface area contributed by atoms with Gasteiger partial charge >= 0.3 is 5.97 Å². The van der Waals surface area contributed by atoms with E-state index in [9.17, 15) is 9.18 Å². The maximum Gasteiger partial charge on any atom is 0.317 e. The van der Waals surface area contributed by atoms with Crippen LogP contribution in [0.3, 0.4) is 0 Å². The largest absolute Gasteiger partial charge is 0.480 e. The smallest absolute Gasteiger partial charge is 0.317 e. The van der Waals surface area contributed by atoms with Gasteiger partial charge in [0.05, 0.1) is 6.54 Å². The zero-order chi connectivity index (χ0) is 16.1. The Hall–Kier alpha value is -0.980. The van der Waals surface area contributed by atoms with E-state index in [2.05, 4.69) is 20.8 Å². The SMILES string of the molecule is CN(CC(=O)O)C1CCCN(Cc2cc(F)ccc2Br)CC1. The van der Waals surface area contributed by atoms with Gasteiger partial charge in [0, 0.05) is 17.1 Å². The molecule has 6 heteroatoms. The number of nitrogens with zero attached hydrogens (tertiary/aromatic N) is 2. The number of carboxylic acids is 1. The van der Waals surface area contributed by atoms with Crippen molar-refractivity contribution in [3.63, 3.8) is 0 Å². The molecular formula is C16H22BrFN2O2. The van der Waals surface area contributed by atoms with Gasteiger partial charge in [0.15, 0.2) is 0 Å². The molecule has 1 atom stereocenters. The van der Waals surface area contributed by atoms with Crippen LogP contribution >= 0.6 is 15.9 Å². The number of hydrogen-bond donors (Lipinski definition) is 1. The minimum atomic E-state index is -0.785. The van der Waals surface area contributed by atoms with Gasteiger partial charge in [-0.25, -0.2) is 4.39 Å². The van der Waals surface area contributed by atoms with Gasteiger partial charge in [-0.1, -0.05) is 15.9 Å². The van der Waals surface area contributed by atoms with Gasteiger partial charge in [0.25, 0.3) is 0 Å². The molecule has 122 valence electrons. The number of carbonyl (C=O) groups is 1. The average Bonchev–Trinajstić information content (AvgIpc) is 2.68. The minimum absolute atomic E-state index is 0.0834. The summed E-state index contributed by atoms with van der Waals surface area (Å²) in [6, 6.07) is 5.07. The molecule has 1 heterocycles. The molecule has 0 aromatic heterocycles. The van der Waals surface area contributed by atoms with Crippen LogP contribution in [0.2, 0.25) is 0 Å². The number of hydrogen-bond acceptors (Lipinski definition) is 3. The van der Waals surface area contributed by atoms with Crippen molar-refractivity contribution in [2.75, 3.05) is 26.7 Å². The number of likely N-dealkylation sites (tertiary alicyclic amines) is 1. The lowest BCUT2D eigenvalue weighted by Gasteiger charge is -2.25. The molecule has 0 bridgehead atoms. The molecule has 1 N–H and O–H groups in total. The molecular weight excluding hydrogens is 351 g/mol. The van der Waals surface area contributed by atoms with E-state index >= 15 is 0 Å². The highest BCUT2D eigenvalue weighted by Gasteiger charge is 2.22. The molecule has 1 unspecified atom stereocenters. The minimum Gasteiger partial charge on any atom is -0.480 e. The lowest BCUT2D eigenvalue weighted by atomic mass is 10.1. The Labute approximate surface area is 139 Å². The summed E-state index contributed by atoms with van der Waals surface area (Å²) in [7, 11) is 1.87. The number of likely N-dealkylation sites (N-methyl/N-ethyl adjacent to an activating group) is 1. The van der Waals surface area contributed by atoms with Crippen LogP contribution < -0.4 is 0 Å². The van der Waals surface area contributed by atoms with E-state index in [1.165, 1.54) is 6.07 Å². The Morgan fingerprint density at radius 2 is 2.23 bits per heavy atom. The maximum absolute atomic E-state index is 13.4. The first-order valence-corrected chi connectivity index (χ1v) is 8.33. The number of rotatable bonds is 5. The van der Waals surface area contributed by atoms with Crippen LogP contribution in [0.15, 0.2) is 22.7 Å². The Morgan fingerprint density at radius 1 is 1.45 bits per heavy atom. The second kappa shape index (κ2) is 8.04. The lowest BCUT2D eigenvalue weighted by Crippen LogP contribution is -2.36. The average molecular weight is 373 g/mol. The van der Waals surface area contributed by atoms with Crippen LogP contribution in [0.5, 0.6) is 0 Å². The first-order valence-electron chi connectivity index (χ1n) is 7.54. The van der Waals surface area contributed by atoms with Crippen molar-refractivity contribution in [3.05, 3.63) is 34.1 Å². The molecule has 1 saturated heterocycles. The third-order valence-corrected chi connectivity index (χ3v) is 4.97. The molecule has 0 spiro atoms. The Balaban J connectivity index is 1.93. The summed E-state index contributed by atoms with van der Waals surface area (Å²) in [6.45, 7) is 2.66. The summed E-state index contributed by atoms with van der Waals surface area (Å²) in [5.74, 6) is -1.00. The fourth-order valence-corrected chi connectivity index (χ4v) is 3.36. The highest BCUT2D eigenvalue weighted by molar-refractivity contribution is 9.10. The van der Waals surface area contributed by atoms with Crippen LogP contribution in [0, 0.1) is 5.82 Å². The predicted molar refractivity (Wildman–Crippen MR) is 87.3 cm³/mol. The number of carboxylic acid groups (broad SMARTS) is 1. The fraction of sp³-hybridized carbons (Fsp3) is 0.562. The van der Waals surface area contributed by atoms with E-state index in [0.717, 1.165) is 42.4 Å². The summed E-state index contributed by atoms with van der Waals surface area (Å²) >= 11 is 3.47. The summed E-state index contributed by atoms with van der Waals surface area (Å²) in [6.07, 6.45) is 2.98. The summed E-state index contributed by atoms with van der Waals surface area (Å²) in [5.41, 5.74) is 0.956. The molecule has 1 aromatic rings. The van der Waals surface area contributed by atoms with Gasteiger partial charge in [0.2, 0.25) is 0 Å².